The van der Waals surface area contributed by atoms with E-state index in [1.807, 2.05) is 0 Å². The Kier molecular flexibility index (Phi) is 1.71. The van der Waals surface area contributed by atoms with Crippen LogP contribution in [0.2, 0.25) is 0 Å². The number of phenolic OH excluding ortho intramolecular Hbond substituents is 1. The molecule has 16 heavy (non-hydrogen) atoms. The minimum Gasteiger partial charge on any atom is -0.618 e. The Morgan fingerprint density at radius 3 is 2.62 bits per heavy atom. The van der Waals surface area contributed by atoms with E-state index in [-0.39, 0.29) is 5.75 Å². The molecule has 0 spiro atoms. The van der Waals surface area contributed by atoms with Gasteiger partial charge < -0.3 is 10.3 Å². The predicted octanol–water partition coefficient (Wildman–Crippen LogP) is 1.73. The largest absolute Gasteiger partial charge is 0.618 e. The van der Waals surface area contributed by atoms with Gasteiger partial charge >= 0.3 is 0 Å². The van der Waals surface area contributed by atoms with Crippen molar-refractivity contribution >= 4 is 22.1 Å². The highest BCUT2D eigenvalue weighted by atomic mass is 16.5. The van der Waals surface area contributed by atoms with Crippen molar-refractivity contribution in [1.29, 1.82) is 0 Å². The third kappa shape index (κ3) is 1.10. The summed E-state index contributed by atoms with van der Waals surface area (Å²) < 4.78 is 0.789. The molecule has 3 aromatic rings. The first kappa shape index (κ1) is 8.91. The van der Waals surface area contributed by atoms with E-state index in [9.17, 15) is 10.3 Å². The minimum atomic E-state index is 0.0212. The maximum Gasteiger partial charge on any atom is 0.246 e. The highest BCUT2D eigenvalue weighted by molar-refractivity contribution is 5.85. The van der Waals surface area contributed by atoms with Crippen LogP contribution in [0.15, 0.2) is 42.5 Å². The number of phenols is 1. The van der Waals surface area contributed by atoms with Crippen molar-refractivity contribution in [3.05, 3.63) is 47.7 Å². The summed E-state index contributed by atoms with van der Waals surface area (Å²) >= 11 is 0. The first-order valence-corrected chi connectivity index (χ1v) is 4.87. The lowest BCUT2D eigenvalue weighted by molar-refractivity contribution is -0.548. The van der Waals surface area contributed by atoms with Gasteiger partial charge in [0.1, 0.15) is 11.3 Å². The zero-order valence-corrected chi connectivity index (χ0v) is 8.29. The quantitative estimate of drug-likeness (QED) is 0.350. The molecule has 4 nitrogen and oxygen atoms in total. The molecule has 2 aromatic carbocycles. The second-order valence-corrected chi connectivity index (χ2v) is 3.54. The molecule has 0 saturated heterocycles. The fourth-order valence-corrected chi connectivity index (χ4v) is 1.78. The van der Waals surface area contributed by atoms with E-state index in [4.69, 9.17) is 0 Å². The molecule has 0 amide bonds. The van der Waals surface area contributed by atoms with Crippen molar-refractivity contribution in [3.63, 3.8) is 0 Å². The molecule has 4 heteroatoms. The molecule has 1 aromatic heterocycles. The summed E-state index contributed by atoms with van der Waals surface area (Å²) in [7, 11) is 0. The topological polar surface area (TPSA) is 60.1 Å². The van der Waals surface area contributed by atoms with Crippen LogP contribution in [0.3, 0.4) is 0 Å². The van der Waals surface area contributed by atoms with Gasteiger partial charge in [0.2, 0.25) is 11.0 Å². The summed E-state index contributed by atoms with van der Waals surface area (Å²) in [6.45, 7) is 0. The van der Waals surface area contributed by atoms with E-state index in [0.29, 0.717) is 22.1 Å². The maximum atomic E-state index is 12.0. The third-order valence-electron chi connectivity index (χ3n) is 2.55. The normalized spacial score (nSPS) is 11.0. The summed E-state index contributed by atoms with van der Waals surface area (Å²) in [5.41, 5.74) is 1.78. The summed E-state index contributed by atoms with van der Waals surface area (Å²) in [4.78, 5) is 4.27. The molecule has 0 bridgehead atoms. The van der Waals surface area contributed by atoms with Crippen LogP contribution in [0.5, 0.6) is 5.75 Å². The number of aromatic nitrogens is 2. The van der Waals surface area contributed by atoms with Gasteiger partial charge in [0.25, 0.3) is 0 Å². The third-order valence-corrected chi connectivity index (χ3v) is 2.55. The summed E-state index contributed by atoms with van der Waals surface area (Å²) in [6, 6.07) is 11.8. The van der Waals surface area contributed by atoms with Crippen LogP contribution in [0.1, 0.15) is 0 Å². The van der Waals surface area contributed by atoms with Gasteiger partial charge in [-0.05, 0) is 12.1 Å². The van der Waals surface area contributed by atoms with E-state index in [1.54, 1.807) is 36.4 Å². The van der Waals surface area contributed by atoms with E-state index in [2.05, 4.69) is 4.98 Å². The average molecular weight is 212 g/mol. The maximum absolute atomic E-state index is 12.0. The Balaban J connectivity index is 2.61. The average Bonchev–Trinajstić information content (AvgIpc) is 2.31. The Bertz CT molecular complexity index is 695. The SMILES string of the molecule is [O-][n+]1c2ccccc2nc2c(O)cccc21. The van der Waals surface area contributed by atoms with Crippen molar-refractivity contribution in [2.24, 2.45) is 0 Å². The fraction of sp³-hybridized carbons (Fsp3) is 0. The molecule has 0 radical (unpaired) electrons. The van der Waals surface area contributed by atoms with Crippen LogP contribution in [0, 0.1) is 5.21 Å². The Morgan fingerprint density at radius 1 is 1.00 bits per heavy atom. The molecule has 0 aliphatic carbocycles. The van der Waals surface area contributed by atoms with E-state index in [0.717, 1.165) is 4.73 Å². The Hall–Kier alpha value is -2.36. The van der Waals surface area contributed by atoms with E-state index in [1.165, 1.54) is 6.07 Å². The summed E-state index contributed by atoms with van der Waals surface area (Å²) in [6.07, 6.45) is 0. The molecule has 78 valence electrons. The fourth-order valence-electron chi connectivity index (χ4n) is 1.78. The first-order chi connectivity index (χ1) is 7.77. The van der Waals surface area contributed by atoms with Gasteiger partial charge in [0, 0.05) is 12.1 Å². The van der Waals surface area contributed by atoms with E-state index >= 15 is 0 Å². The van der Waals surface area contributed by atoms with Gasteiger partial charge in [0.05, 0.1) is 0 Å². The molecule has 1 heterocycles. The summed E-state index contributed by atoms with van der Waals surface area (Å²) in [5, 5.41) is 21.6. The number of fused-ring (bicyclic) bond motifs is 2. The van der Waals surface area contributed by atoms with Crippen molar-refractivity contribution in [2.75, 3.05) is 0 Å². The molecule has 0 atom stereocenters. The lowest BCUT2D eigenvalue weighted by Crippen LogP contribution is -2.28. The zero-order valence-electron chi connectivity index (χ0n) is 8.29. The van der Waals surface area contributed by atoms with Gasteiger partial charge in [0.15, 0.2) is 5.52 Å². The molecule has 0 unspecified atom stereocenters. The zero-order chi connectivity index (χ0) is 11.1. The molecule has 0 aliphatic heterocycles. The van der Waals surface area contributed by atoms with Crippen LogP contribution >= 0.6 is 0 Å². The highest BCUT2D eigenvalue weighted by Gasteiger charge is 2.13. The number of hydrogen-bond acceptors (Lipinski definition) is 3. The second kappa shape index (κ2) is 3.06. The van der Waals surface area contributed by atoms with Crippen LogP contribution in [-0.4, -0.2) is 10.1 Å². The molecule has 0 fully saturated rings. The van der Waals surface area contributed by atoms with Gasteiger partial charge in [-0.15, -0.1) is 0 Å². The molecule has 0 saturated carbocycles. The molecule has 3 rings (SSSR count). The van der Waals surface area contributed by atoms with Crippen molar-refractivity contribution in [1.82, 2.24) is 4.98 Å². The Morgan fingerprint density at radius 2 is 1.75 bits per heavy atom. The molecule has 0 aliphatic rings. The predicted molar refractivity (Wildman–Crippen MR) is 59.9 cm³/mol. The van der Waals surface area contributed by atoms with Gasteiger partial charge in [-0.2, -0.15) is 4.73 Å². The van der Waals surface area contributed by atoms with Gasteiger partial charge in [-0.1, -0.05) is 18.2 Å². The van der Waals surface area contributed by atoms with Gasteiger partial charge in [-0.3, -0.25) is 0 Å². The first-order valence-electron chi connectivity index (χ1n) is 4.87. The summed E-state index contributed by atoms with van der Waals surface area (Å²) in [5.74, 6) is 0.0212. The Labute approximate surface area is 91.0 Å². The molecule has 1 N–H and O–H groups in total. The van der Waals surface area contributed by atoms with Crippen molar-refractivity contribution in [3.8, 4) is 5.75 Å². The molecular formula is C12H8N2O2. The lowest BCUT2D eigenvalue weighted by atomic mass is 10.2. The second-order valence-electron chi connectivity index (χ2n) is 3.54. The van der Waals surface area contributed by atoms with Crippen molar-refractivity contribution < 1.29 is 9.84 Å². The number of rotatable bonds is 0. The minimum absolute atomic E-state index is 0.0212. The van der Waals surface area contributed by atoms with Crippen LogP contribution in [0.4, 0.5) is 0 Å². The molecular weight excluding hydrogens is 204 g/mol. The van der Waals surface area contributed by atoms with Gasteiger partial charge in [-0.25, -0.2) is 4.98 Å². The highest BCUT2D eigenvalue weighted by Crippen LogP contribution is 2.21. The van der Waals surface area contributed by atoms with E-state index < -0.39 is 0 Å². The lowest BCUT2D eigenvalue weighted by Gasteiger charge is -2.05. The number of para-hydroxylation sites is 3. The monoisotopic (exact) mass is 212 g/mol. The standard InChI is InChI=1S/C12H8N2O2/c15-11-7-3-6-10-12(11)13-8-4-1-2-5-9(8)14(10)16/h1-7,15H. The number of aromatic hydroxyl groups is 1. The smallest absolute Gasteiger partial charge is 0.246 e. The number of benzene rings is 2. The van der Waals surface area contributed by atoms with Crippen molar-refractivity contribution in [2.45, 2.75) is 0 Å². The number of nitrogens with zero attached hydrogens (tertiary/aromatic N) is 2. The van der Waals surface area contributed by atoms with Crippen LogP contribution in [-0.2, 0) is 0 Å². The number of hydrogen-bond donors (Lipinski definition) is 1. The van der Waals surface area contributed by atoms with Crippen LogP contribution in [0.25, 0.3) is 22.1 Å². The van der Waals surface area contributed by atoms with Crippen LogP contribution < -0.4 is 4.73 Å².